The van der Waals surface area contributed by atoms with Crippen molar-refractivity contribution in [3.8, 4) is 0 Å². The molecule has 0 bridgehead atoms. The van der Waals surface area contributed by atoms with Crippen LogP contribution in [-0.2, 0) is 11.2 Å². The van der Waals surface area contributed by atoms with Gasteiger partial charge in [0.1, 0.15) is 5.82 Å². The highest BCUT2D eigenvalue weighted by Gasteiger charge is 2.25. The number of benzene rings is 1. The standard InChI is InChI=1S/C19H23N5O2/c1-2-26-19(25)23-13-11-22(12-14-23)17-7-9-20-18(21-17)24-10-8-15-5-3-4-6-16(15)24/h3-7,9H,2,8,10-14H2,1H3. The topological polar surface area (TPSA) is 61.8 Å². The van der Waals surface area contributed by atoms with Gasteiger partial charge in [0.05, 0.1) is 6.61 Å². The van der Waals surface area contributed by atoms with Crippen molar-refractivity contribution >= 4 is 23.5 Å². The van der Waals surface area contributed by atoms with Crippen molar-refractivity contribution in [2.45, 2.75) is 13.3 Å². The van der Waals surface area contributed by atoms with Crippen molar-refractivity contribution in [3.63, 3.8) is 0 Å². The van der Waals surface area contributed by atoms with Gasteiger partial charge in [-0.1, -0.05) is 18.2 Å². The Labute approximate surface area is 153 Å². The number of fused-ring (bicyclic) bond motifs is 1. The number of piperazine rings is 1. The molecule has 0 unspecified atom stereocenters. The summed E-state index contributed by atoms with van der Waals surface area (Å²) in [6, 6.07) is 10.3. The van der Waals surface area contributed by atoms with Crippen LogP contribution in [0.4, 0.5) is 22.2 Å². The van der Waals surface area contributed by atoms with Gasteiger partial charge in [-0.2, -0.15) is 4.98 Å². The number of amides is 1. The van der Waals surface area contributed by atoms with Crippen molar-refractivity contribution in [3.05, 3.63) is 42.1 Å². The smallest absolute Gasteiger partial charge is 0.409 e. The van der Waals surface area contributed by atoms with Gasteiger partial charge in [0.2, 0.25) is 5.95 Å². The molecule has 1 fully saturated rings. The van der Waals surface area contributed by atoms with Crippen LogP contribution in [0.1, 0.15) is 12.5 Å². The second-order valence-corrected chi connectivity index (χ2v) is 6.42. The number of carbonyl (C=O) groups is 1. The van der Waals surface area contributed by atoms with Gasteiger partial charge in [-0.05, 0) is 31.0 Å². The van der Waals surface area contributed by atoms with Crippen molar-refractivity contribution < 1.29 is 9.53 Å². The van der Waals surface area contributed by atoms with E-state index < -0.39 is 0 Å². The van der Waals surface area contributed by atoms with Crippen molar-refractivity contribution in [2.24, 2.45) is 0 Å². The molecule has 0 spiro atoms. The first kappa shape index (κ1) is 16.6. The lowest BCUT2D eigenvalue weighted by Gasteiger charge is -2.34. The summed E-state index contributed by atoms with van der Waals surface area (Å²) in [7, 11) is 0. The first-order chi connectivity index (χ1) is 12.8. The number of anilines is 3. The Bertz CT molecular complexity index is 789. The number of carbonyl (C=O) groups excluding carboxylic acids is 1. The van der Waals surface area contributed by atoms with Crippen LogP contribution in [0.25, 0.3) is 0 Å². The second-order valence-electron chi connectivity index (χ2n) is 6.42. The normalized spacial score (nSPS) is 16.6. The third-order valence-corrected chi connectivity index (χ3v) is 4.89. The van der Waals surface area contributed by atoms with Crippen LogP contribution in [0.2, 0.25) is 0 Å². The molecule has 2 aliphatic heterocycles. The van der Waals surface area contributed by atoms with Crippen LogP contribution in [0.5, 0.6) is 0 Å². The largest absolute Gasteiger partial charge is 0.450 e. The minimum Gasteiger partial charge on any atom is -0.450 e. The summed E-state index contributed by atoms with van der Waals surface area (Å²) in [6.45, 7) is 5.91. The summed E-state index contributed by atoms with van der Waals surface area (Å²) < 4.78 is 5.08. The minimum atomic E-state index is -0.232. The number of nitrogens with zero attached hydrogens (tertiary/aromatic N) is 5. The van der Waals surface area contributed by atoms with Crippen LogP contribution in [-0.4, -0.2) is 60.3 Å². The first-order valence-corrected chi connectivity index (χ1v) is 9.11. The third-order valence-electron chi connectivity index (χ3n) is 4.89. The molecule has 0 aliphatic carbocycles. The lowest BCUT2D eigenvalue weighted by atomic mass is 10.2. The molecule has 2 aromatic rings. The van der Waals surface area contributed by atoms with Crippen molar-refractivity contribution in [1.29, 1.82) is 0 Å². The van der Waals surface area contributed by atoms with Gasteiger partial charge in [-0.15, -0.1) is 0 Å². The average molecular weight is 353 g/mol. The third kappa shape index (κ3) is 3.16. The zero-order valence-electron chi connectivity index (χ0n) is 15.0. The van der Waals surface area contributed by atoms with Gasteiger partial charge in [0.25, 0.3) is 0 Å². The molecule has 136 valence electrons. The maximum absolute atomic E-state index is 11.8. The van der Waals surface area contributed by atoms with Gasteiger partial charge in [0, 0.05) is 44.6 Å². The maximum Gasteiger partial charge on any atom is 0.409 e. The average Bonchev–Trinajstić information content (AvgIpc) is 3.13. The Morgan fingerprint density at radius 2 is 1.92 bits per heavy atom. The molecule has 0 radical (unpaired) electrons. The van der Waals surface area contributed by atoms with Gasteiger partial charge in [0.15, 0.2) is 0 Å². The van der Waals surface area contributed by atoms with Crippen LogP contribution >= 0.6 is 0 Å². The number of hydrogen-bond acceptors (Lipinski definition) is 6. The fourth-order valence-electron chi connectivity index (χ4n) is 3.52. The van der Waals surface area contributed by atoms with Gasteiger partial charge in [-0.25, -0.2) is 9.78 Å². The molecule has 0 N–H and O–H groups in total. The minimum absolute atomic E-state index is 0.232. The van der Waals surface area contributed by atoms with E-state index in [1.54, 1.807) is 4.90 Å². The SMILES string of the molecule is CCOC(=O)N1CCN(c2ccnc(N3CCc4ccccc43)n2)CC1. The van der Waals surface area contributed by atoms with E-state index in [0.29, 0.717) is 19.7 Å². The lowest BCUT2D eigenvalue weighted by Crippen LogP contribution is -2.49. The molecule has 1 aromatic carbocycles. The van der Waals surface area contributed by atoms with Crippen LogP contribution < -0.4 is 9.80 Å². The summed E-state index contributed by atoms with van der Waals surface area (Å²) in [4.78, 5) is 27.2. The lowest BCUT2D eigenvalue weighted by molar-refractivity contribution is 0.105. The highest BCUT2D eigenvalue weighted by atomic mass is 16.6. The molecule has 0 atom stereocenters. The summed E-state index contributed by atoms with van der Waals surface area (Å²) in [5, 5.41) is 0. The van der Waals surface area contributed by atoms with E-state index in [-0.39, 0.29) is 6.09 Å². The molecular weight excluding hydrogens is 330 g/mol. The van der Waals surface area contributed by atoms with Crippen LogP contribution in [0, 0.1) is 0 Å². The molecule has 26 heavy (non-hydrogen) atoms. The van der Waals surface area contributed by atoms with Gasteiger partial charge >= 0.3 is 6.09 Å². The van der Waals surface area contributed by atoms with E-state index in [1.807, 2.05) is 19.2 Å². The summed E-state index contributed by atoms with van der Waals surface area (Å²) in [6.07, 6.45) is 2.60. The molecule has 1 amide bonds. The summed E-state index contributed by atoms with van der Waals surface area (Å²) in [5.74, 6) is 1.64. The quantitative estimate of drug-likeness (QED) is 0.845. The molecule has 0 saturated carbocycles. The number of hydrogen-bond donors (Lipinski definition) is 0. The maximum atomic E-state index is 11.8. The zero-order valence-corrected chi connectivity index (χ0v) is 15.0. The Morgan fingerprint density at radius 3 is 2.73 bits per heavy atom. The van der Waals surface area contributed by atoms with Crippen LogP contribution in [0.15, 0.2) is 36.5 Å². The highest BCUT2D eigenvalue weighted by Crippen LogP contribution is 2.32. The summed E-state index contributed by atoms with van der Waals surface area (Å²) >= 11 is 0. The Hall–Kier alpha value is -2.83. The molecule has 2 aliphatic rings. The Morgan fingerprint density at radius 1 is 1.12 bits per heavy atom. The fraction of sp³-hybridized carbons (Fsp3) is 0.421. The summed E-state index contributed by atoms with van der Waals surface area (Å²) in [5.41, 5.74) is 2.53. The van der Waals surface area contributed by atoms with Crippen LogP contribution in [0.3, 0.4) is 0 Å². The highest BCUT2D eigenvalue weighted by molar-refractivity contribution is 5.68. The first-order valence-electron chi connectivity index (χ1n) is 9.11. The molecule has 1 aromatic heterocycles. The fourth-order valence-corrected chi connectivity index (χ4v) is 3.52. The number of aromatic nitrogens is 2. The Kier molecular flexibility index (Phi) is 4.60. The predicted molar refractivity (Wildman–Crippen MR) is 100.0 cm³/mol. The molecular formula is C19H23N5O2. The number of rotatable bonds is 3. The number of para-hydroxylation sites is 1. The van der Waals surface area contributed by atoms with Gasteiger partial charge in [-0.3, -0.25) is 0 Å². The van der Waals surface area contributed by atoms with E-state index in [4.69, 9.17) is 9.72 Å². The van der Waals surface area contributed by atoms with Crippen molar-refractivity contribution in [2.75, 3.05) is 49.1 Å². The molecule has 3 heterocycles. The molecule has 7 nitrogen and oxygen atoms in total. The van der Waals surface area contributed by atoms with E-state index in [1.165, 1.54) is 11.3 Å². The number of ether oxygens (including phenoxy) is 1. The zero-order chi connectivity index (χ0) is 17.9. The van der Waals surface area contributed by atoms with Gasteiger partial charge < -0.3 is 19.4 Å². The Balaban J connectivity index is 1.47. The molecule has 4 rings (SSSR count). The van der Waals surface area contributed by atoms with E-state index >= 15 is 0 Å². The second kappa shape index (κ2) is 7.19. The molecule has 1 saturated heterocycles. The predicted octanol–water partition coefficient (Wildman–Crippen LogP) is 2.45. The van der Waals surface area contributed by atoms with E-state index in [2.05, 4.69) is 39.0 Å². The van der Waals surface area contributed by atoms with Crippen molar-refractivity contribution in [1.82, 2.24) is 14.9 Å². The monoisotopic (exact) mass is 353 g/mol. The van der Waals surface area contributed by atoms with E-state index in [0.717, 1.165) is 37.8 Å². The van der Waals surface area contributed by atoms with E-state index in [9.17, 15) is 4.79 Å². The molecule has 7 heteroatoms.